The van der Waals surface area contributed by atoms with Crippen LogP contribution < -0.4 is 20.9 Å². The molecule has 13 nitrogen and oxygen atoms in total. The van der Waals surface area contributed by atoms with E-state index in [4.69, 9.17) is 30.4 Å². The molecular formula is C26H29N3O10. The Morgan fingerprint density at radius 2 is 1.74 bits per heavy atom. The number of fused-ring (bicyclic) bond motifs is 5. The van der Waals surface area contributed by atoms with E-state index >= 15 is 0 Å². The molecule has 0 spiro atoms. The van der Waals surface area contributed by atoms with Crippen LogP contribution in [0, 0.1) is 0 Å². The standard InChI is InChI=1S/C26H29N3O10/c27-26(28)29-15-5-7-36-10-16-20(33)21(34)22(35)25(38-16)39-23-13(15)9-14-17(24(23)37-8-6-30)19(32)12-4-2-1-3-11(12)18(14)31/h1-4,9,15-16,20-22,25,30,33-35H,5-8,10H2,(H4,27,28,29)/t15-,16+,20+,21-,22+,25+/m1/s1. The Hall–Kier alpha value is -3.59. The van der Waals surface area contributed by atoms with E-state index in [1.54, 1.807) is 18.2 Å². The highest BCUT2D eigenvalue weighted by atomic mass is 16.7. The fourth-order valence-corrected chi connectivity index (χ4v) is 5.01. The van der Waals surface area contributed by atoms with Crippen molar-refractivity contribution in [2.45, 2.75) is 43.2 Å². The maximum atomic E-state index is 13.7. The molecular weight excluding hydrogens is 514 g/mol. The zero-order chi connectivity index (χ0) is 27.8. The van der Waals surface area contributed by atoms with Crippen molar-refractivity contribution in [2.24, 2.45) is 16.5 Å². The first-order valence-corrected chi connectivity index (χ1v) is 12.4. The molecule has 1 aliphatic carbocycles. The highest BCUT2D eigenvalue weighted by Crippen LogP contribution is 2.47. The summed E-state index contributed by atoms with van der Waals surface area (Å²) >= 11 is 0. The van der Waals surface area contributed by atoms with Gasteiger partial charge in [0.25, 0.3) is 0 Å². The lowest BCUT2D eigenvalue weighted by atomic mass is 9.81. The molecule has 2 aliphatic heterocycles. The molecule has 2 aromatic carbocycles. The minimum atomic E-state index is -1.72. The van der Waals surface area contributed by atoms with E-state index in [2.05, 4.69) is 4.99 Å². The molecule has 13 heteroatoms. The van der Waals surface area contributed by atoms with E-state index in [0.717, 1.165) is 0 Å². The molecule has 39 heavy (non-hydrogen) atoms. The number of hydrogen-bond acceptors (Lipinski definition) is 11. The number of ether oxygens (including phenoxy) is 4. The number of aliphatic imine (C=N–C) groups is 1. The van der Waals surface area contributed by atoms with Crippen LogP contribution in [0.5, 0.6) is 11.5 Å². The van der Waals surface area contributed by atoms with Gasteiger partial charge in [0, 0.05) is 28.9 Å². The molecule has 0 unspecified atom stereocenters. The molecule has 2 bridgehead atoms. The second-order valence-electron chi connectivity index (χ2n) is 9.39. The van der Waals surface area contributed by atoms with Crippen molar-refractivity contribution in [3.8, 4) is 11.5 Å². The van der Waals surface area contributed by atoms with E-state index < -0.39 is 54.9 Å². The summed E-state index contributed by atoms with van der Waals surface area (Å²) in [5.74, 6) is -1.56. The summed E-state index contributed by atoms with van der Waals surface area (Å²) in [7, 11) is 0. The van der Waals surface area contributed by atoms with Crippen LogP contribution in [-0.4, -0.2) is 95.1 Å². The molecule has 8 N–H and O–H groups in total. The average Bonchev–Trinajstić information content (AvgIpc) is 2.95. The highest BCUT2D eigenvalue weighted by Gasteiger charge is 2.47. The summed E-state index contributed by atoms with van der Waals surface area (Å²) in [5, 5.41) is 41.1. The van der Waals surface area contributed by atoms with Gasteiger partial charge in [0.05, 0.1) is 24.8 Å². The smallest absolute Gasteiger partial charge is 0.229 e. The Kier molecular flexibility index (Phi) is 7.53. The van der Waals surface area contributed by atoms with E-state index in [0.29, 0.717) is 0 Å². The van der Waals surface area contributed by atoms with Gasteiger partial charge in [-0.15, -0.1) is 0 Å². The fraction of sp³-hybridized carbons (Fsp3) is 0.423. The van der Waals surface area contributed by atoms with Crippen LogP contribution in [-0.2, 0) is 9.47 Å². The van der Waals surface area contributed by atoms with Crippen molar-refractivity contribution in [1.29, 1.82) is 0 Å². The molecule has 0 saturated carbocycles. The minimum absolute atomic E-state index is 0.0130. The van der Waals surface area contributed by atoms with Crippen molar-refractivity contribution in [2.75, 3.05) is 26.4 Å². The van der Waals surface area contributed by atoms with Gasteiger partial charge in [-0.2, -0.15) is 0 Å². The lowest BCUT2D eigenvalue weighted by Gasteiger charge is -2.40. The normalized spacial score (nSPS) is 28.2. The third-order valence-corrected chi connectivity index (χ3v) is 6.87. The summed E-state index contributed by atoms with van der Waals surface area (Å²) in [6, 6.07) is 6.89. The second-order valence-corrected chi connectivity index (χ2v) is 9.39. The zero-order valence-electron chi connectivity index (χ0n) is 20.7. The van der Waals surface area contributed by atoms with E-state index in [-0.39, 0.29) is 71.5 Å². The van der Waals surface area contributed by atoms with E-state index in [1.165, 1.54) is 12.1 Å². The van der Waals surface area contributed by atoms with E-state index in [1.807, 2.05) is 0 Å². The predicted octanol–water partition coefficient (Wildman–Crippen LogP) is -1.25. The molecule has 0 amide bonds. The number of ketones is 2. The van der Waals surface area contributed by atoms with Gasteiger partial charge in [0.2, 0.25) is 6.29 Å². The van der Waals surface area contributed by atoms with Crippen molar-refractivity contribution in [3.63, 3.8) is 0 Å². The number of guanidine groups is 1. The van der Waals surface area contributed by atoms with Crippen LogP contribution in [0.4, 0.5) is 0 Å². The van der Waals surface area contributed by atoms with Gasteiger partial charge in [-0.25, -0.2) is 4.99 Å². The Balaban J connectivity index is 1.76. The lowest BCUT2D eigenvalue weighted by Crippen LogP contribution is -2.60. The molecule has 5 rings (SSSR count). The second kappa shape index (κ2) is 10.9. The fourth-order valence-electron chi connectivity index (χ4n) is 5.01. The van der Waals surface area contributed by atoms with Crippen LogP contribution in [0.15, 0.2) is 35.3 Å². The Morgan fingerprint density at radius 1 is 1.03 bits per heavy atom. The molecule has 1 saturated heterocycles. The number of carbonyl (C=O) groups is 2. The summed E-state index contributed by atoms with van der Waals surface area (Å²) in [6.07, 6.45) is -7.28. The largest absolute Gasteiger partial charge is 0.486 e. The molecule has 0 radical (unpaired) electrons. The van der Waals surface area contributed by atoms with Gasteiger partial charge in [0.1, 0.15) is 31.0 Å². The summed E-state index contributed by atoms with van der Waals surface area (Å²) < 4.78 is 23.3. The number of aliphatic hydroxyl groups excluding tert-OH is 4. The molecule has 2 aromatic rings. The Labute approximate surface area is 222 Å². The third-order valence-electron chi connectivity index (χ3n) is 6.87. The molecule has 0 aromatic heterocycles. The number of nitrogens with two attached hydrogens (primary N) is 2. The lowest BCUT2D eigenvalue weighted by molar-refractivity contribution is -0.279. The van der Waals surface area contributed by atoms with Crippen molar-refractivity contribution < 1.29 is 49.0 Å². The minimum Gasteiger partial charge on any atom is -0.486 e. The average molecular weight is 544 g/mol. The Bertz CT molecular complexity index is 1310. The number of benzene rings is 2. The first-order chi connectivity index (χ1) is 18.7. The number of aliphatic hydroxyl groups is 4. The summed E-state index contributed by atoms with van der Waals surface area (Å²) in [4.78, 5) is 31.6. The number of hydrogen-bond donors (Lipinski definition) is 6. The number of nitrogens with zero attached hydrogens (tertiary/aromatic N) is 1. The van der Waals surface area contributed by atoms with Crippen molar-refractivity contribution in [3.05, 3.63) is 58.1 Å². The van der Waals surface area contributed by atoms with Crippen LogP contribution in [0.3, 0.4) is 0 Å². The van der Waals surface area contributed by atoms with Crippen LogP contribution >= 0.6 is 0 Å². The number of carbonyl (C=O) groups excluding carboxylic acids is 2. The van der Waals surface area contributed by atoms with Gasteiger partial charge in [0.15, 0.2) is 29.0 Å². The first kappa shape index (κ1) is 27.0. The molecule has 3 aliphatic rings. The van der Waals surface area contributed by atoms with Gasteiger partial charge in [-0.1, -0.05) is 24.3 Å². The third kappa shape index (κ3) is 4.84. The summed E-state index contributed by atoms with van der Waals surface area (Å²) in [6.45, 7) is -0.788. The van der Waals surface area contributed by atoms with Gasteiger partial charge < -0.3 is 50.8 Å². The predicted molar refractivity (Wildman–Crippen MR) is 134 cm³/mol. The molecule has 208 valence electrons. The van der Waals surface area contributed by atoms with Crippen molar-refractivity contribution in [1.82, 2.24) is 0 Å². The maximum Gasteiger partial charge on any atom is 0.229 e. The molecule has 1 fully saturated rings. The quantitative estimate of drug-likeness (QED) is 0.168. The Morgan fingerprint density at radius 3 is 2.44 bits per heavy atom. The van der Waals surface area contributed by atoms with Gasteiger partial charge >= 0.3 is 0 Å². The van der Waals surface area contributed by atoms with Crippen LogP contribution in [0.25, 0.3) is 0 Å². The van der Waals surface area contributed by atoms with Crippen molar-refractivity contribution >= 4 is 17.5 Å². The summed E-state index contributed by atoms with van der Waals surface area (Å²) in [5.41, 5.74) is 11.9. The van der Waals surface area contributed by atoms with E-state index in [9.17, 15) is 30.0 Å². The molecule has 2 heterocycles. The van der Waals surface area contributed by atoms with Crippen LogP contribution in [0.2, 0.25) is 0 Å². The topological polar surface area (TPSA) is 216 Å². The number of rotatable bonds is 4. The van der Waals surface area contributed by atoms with Gasteiger partial charge in [-0.05, 0) is 12.5 Å². The van der Waals surface area contributed by atoms with Crippen LogP contribution in [0.1, 0.15) is 49.9 Å². The maximum absolute atomic E-state index is 13.7. The first-order valence-electron chi connectivity index (χ1n) is 12.4. The zero-order valence-corrected chi connectivity index (χ0v) is 20.7. The highest BCUT2D eigenvalue weighted by molar-refractivity contribution is 6.29. The monoisotopic (exact) mass is 543 g/mol. The molecule has 6 atom stereocenters. The van der Waals surface area contributed by atoms with Gasteiger partial charge in [-0.3, -0.25) is 9.59 Å². The SMILES string of the molecule is NC(N)=N[C@@H]1CCOC[C@@H]2O[C@@H](Oc3c1cc1c(c3OCCO)C(=O)c3ccccc3C1=O)[C@@H](O)[C@H](O)[C@H]2O.